The van der Waals surface area contributed by atoms with Crippen molar-refractivity contribution in [2.45, 2.75) is 11.8 Å². The van der Waals surface area contributed by atoms with E-state index < -0.39 is 10.0 Å². The third kappa shape index (κ3) is 3.62. The molecule has 2 heterocycles. The molecule has 0 aliphatic carbocycles. The van der Waals surface area contributed by atoms with Crippen molar-refractivity contribution in [2.24, 2.45) is 5.84 Å². The Morgan fingerprint density at radius 1 is 1.24 bits per heavy atom. The van der Waals surface area contributed by atoms with E-state index in [-0.39, 0.29) is 21.6 Å². The van der Waals surface area contributed by atoms with Gasteiger partial charge in [0.2, 0.25) is 0 Å². The van der Waals surface area contributed by atoms with E-state index in [1.165, 1.54) is 12.3 Å². The maximum atomic E-state index is 12.3. The van der Waals surface area contributed by atoms with Gasteiger partial charge >= 0.3 is 0 Å². The Bertz CT molecular complexity index is 784. The predicted octanol–water partition coefficient (Wildman–Crippen LogP) is 2.29. The number of sulfonamides is 1. The van der Waals surface area contributed by atoms with Gasteiger partial charge in [-0.15, -0.1) is 0 Å². The highest BCUT2D eigenvalue weighted by Crippen LogP contribution is 2.24. The second-order valence-corrected chi connectivity index (χ2v) is 7.08. The van der Waals surface area contributed by atoms with Crippen LogP contribution in [-0.4, -0.2) is 18.4 Å². The molecular formula is C11H11BrClN5O2S. The Hall–Kier alpha value is -1.42. The first-order valence-electron chi connectivity index (χ1n) is 5.60. The summed E-state index contributed by atoms with van der Waals surface area (Å²) in [6, 6.07) is 3.00. The van der Waals surface area contributed by atoms with Crippen LogP contribution in [-0.2, 0) is 10.0 Å². The van der Waals surface area contributed by atoms with Crippen molar-refractivity contribution in [2.75, 3.05) is 10.1 Å². The van der Waals surface area contributed by atoms with Gasteiger partial charge in [-0.2, -0.15) is 0 Å². The van der Waals surface area contributed by atoms with E-state index in [1.807, 2.05) is 0 Å². The summed E-state index contributed by atoms with van der Waals surface area (Å²) in [5.74, 6) is 5.61. The van der Waals surface area contributed by atoms with Crippen LogP contribution in [0.15, 0.2) is 33.9 Å². The summed E-state index contributed by atoms with van der Waals surface area (Å²) in [7, 11) is -3.84. The van der Waals surface area contributed by atoms with E-state index in [0.29, 0.717) is 5.56 Å². The molecule has 0 amide bonds. The van der Waals surface area contributed by atoms with E-state index in [2.05, 4.69) is 36.0 Å². The number of halogens is 2. The van der Waals surface area contributed by atoms with Crippen molar-refractivity contribution in [3.05, 3.63) is 39.6 Å². The van der Waals surface area contributed by atoms with Crippen molar-refractivity contribution < 1.29 is 8.42 Å². The van der Waals surface area contributed by atoms with Gasteiger partial charge in [-0.25, -0.2) is 24.2 Å². The Morgan fingerprint density at radius 3 is 2.48 bits per heavy atom. The lowest BCUT2D eigenvalue weighted by molar-refractivity contribution is 0.600. The van der Waals surface area contributed by atoms with Crippen LogP contribution in [0.5, 0.6) is 0 Å². The molecule has 0 fully saturated rings. The van der Waals surface area contributed by atoms with Crippen LogP contribution < -0.4 is 16.0 Å². The van der Waals surface area contributed by atoms with E-state index in [9.17, 15) is 8.42 Å². The number of hydrogen-bond acceptors (Lipinski definition) is 6. The molecule has 112 valence electrons. The number of nitrogens with one attached hydrogen (secondary N) is 2. The van der Waals surface area contributed by atoms with E-state index in [0.717, 1.165) is 10.7 Å². The number of hydrazine groups is 1. The Kier molecular flexibility index (Phi) is 4.67. The molecule has 2 aromatic rings. The average Bonchev–Trinajstić information content (AvgIpc) is 2.42. The van der Waals surface area contributed by atoms with Crippen molar-refractivity contribution in [1.82, 2.24) is 9.97 Å². The quantitative estimate of drug-likeness (QED) is 0.544. The minimum absolute atomic E-state index is 0.0874. The van der Waals surface area contributed by atoms with E-state index in [4.69, 9.17) is 17.4 Å². The molecule has 7 nitrogen and oxygen atoms in total. The first kappa shape index (κ1) is 16.0. The molecule has 0 unspecified atom stereocenters. The molecule has 0 radical (unpaired) electrons. The van der Waals surface area contributed by atoms with Gasteiger partial charge in [0.1, 0.15) is 10.7 Å². The fraction of sp³-hybridized carbons (Fsp3) is 0.0909. The third-order valence-corrected chi connectivity index (χ3v) is 4.57. The zero-order chi connectivity index (χ0) is 15.6. The summed E-state index contributed by atoms with van der Waals surface area (Å²) in [4.78, 5) is 7.76. The molecule has 0 atom stereocenters. The second kappa shape index (κ2) is 6.14. The van der Waals surface area contributed by atoms with Gasteiger partial charge < -0.3 is 5.43 Å². The summed E-state index contributed by atoms with van der Waals surface area (Å²) in [6.07, 6.45) is 2.65. The molecule has 4 N–H and O–H groups in total. The molecular weight excluding hydrogens is 382 g/mol. The lowest BCUT2D eigenvalue weighted by Crippen LogP contribution is -2.16. The minimum atomic E-state index is -3.84. The number of nitrogens with two attached hydrogens (primary N) is 1. The van der Waals surface area contributed by atoms with E-state index in [1.54, 1.807) is 13.0 Å². The standard InChI is InChI=1S/C11H11BrClN5O2S/c1-6-2-7(12)4-15-10(6)18-21(19,20)8-3-9(13)11(17-14)16-5-8/h2-5H,14H2,1H3,(H,15,18)(H,16,17). The van der Waals surface area contributed by atoms with E-state index >= 15 is 0 Å². The monoisotopic (exact) mass is 391 g/mol. The molecule has 2 aromatic heterocycles. The summed E-state index contributed by atoms with van der Waals surface area (Å²) >= 11 is 9.13. The average molecular weight is 393 g/mol. The number of hydrogen-bond donors (Lipinski definition) is 3. The highest BCUT2D eigenvalue weighted by molar-refractivity contribution is 9.10. The number of pyridine rings is 2. The first-order chi connectivity index (χ1) is 9.83. The van der Waals surface area contributed by atoms with Gasteiger partial charge in [0, 0.05) is 16.9 Å². The lowest BCUT2D eigenvalue weighted by atomic mass is 10.3. The topological polar surface area (TPSA) is 110 Å². The first-order valence-corrected chi connectivity index (χ1v) is 8.26. The third-order valence-electron chi connectivity index (χ3n) is 2.54. The normalized spacial score (nSPS) is 11.2. The van der Waals surface area contributed by atoms with Crippen molar-refractivity contribution in [1.29, 1.82) is 0 Å². The highest BCUT2D eigenvalue weighted by atomic mass is 79.9. The number of aryl methyl sites for hydroxylation is 1. The number of aromatic nitrogens is 2. The molecule has 10 heteroatoms. The fourth-order valence-corrected chi connectivity index (χ4v) is 3.29. The van der Waals surface area contributed by atoms with Gasteiger partial charge in [0.25, 0.3) is 10.0 Å². The number of nitrogen functional groups attached to an aromatic ring is 1. The SMILES string of the molecule is Cc1cc(Br)cnc1NS(=O)(=O)c1cnc(NN)c(Cl)c1. The molecule has 0 aromatic carbocycles. The maximum Gasteiger partial charge on any atom is 0.264 e. The second-order valence-electron chi connectivity index (χ2n) is 4.07. The van der Waals surface area contributed by atoms with Crippen LogP contribution in [0.2, 0.25) is 5.02 Å². The largest absolute Gasteiger partial charge is 0.307 e. The van der Waals surface area contributed by atoms with Gasteiger partial charge in [-0.1, -0.05) is 11.6 Å². The maximum absolute atomic E-state index is 12.3. The highest BCUT2D eigenvalue weighted by Gasteiger charge is 2.18. The van der Waals surface area contributed by atoms with Crippen molar-refractivity contribution in [3.8, 4) is 0 Å². The van der Waals surface area contributed by atoms with Gasteiger partial charge in [0.05, 0.1) is 5.02 Å². The molecule has 0 aliphatic rings. The Balaban J connectivity index is 2.36. The van der Waals surface area contributed by atoms with Crippen LogP contribution in [0.25, 0.3) is 0 Å². The number of nitrogens with zero attached hydrogens (tertiary/aromatic N) is 2. The fourth-order valence-electron chi connectivity index (χ4n) is 1.51. The predicted molar refractivity (Wildman–Crippen MR) is 84.5 cm³/mol. The van der Waals surface area contributed by atoms with Gasteiger partial charge in [0.15, 0.2) is 5.82 Å². The molecule has 0 aliphatic heterocycles. The summed E-state index contributed by atoms with van der Waals surface area (Å²) in [5, 5.41) is 0.0980. The van der Waals surface area contributed by atoms with Crippen LogP contribution in [0.4, 0.5) is 11.6 Å². The summed E-state index contributed by atoms with van der Waals surface area (Å²) in [5.41, 5.74) is 2.94. The van der Waals surface area contributed by atoms with Gasteiger partial charge in [-0.05, 0) is 40.5 Å². The molecule has 2 rings (SSSR count). The van der Waals surface area contributed by atoms with Crippen molar-refractivity contribution >= 4 is 49.2 Å². The molecule has 0 bridgehead atoms. The number of rotatable bonds is 4. The molecule has 21 heavy (non-hydrogen) atoms. The zero-order valence-electron chi connectivity index (χ0n) is 10.8. The Morgan fingerprint density at radius 2 is 1.90 bits per heavy atom. The minimum Gasteiger partial charge on any atom is -0.307 e. The molecule has 0 saturated carbocycles. The van der Waals surface area contributed by atoms with Crippen LogP contribution in [0, 0.1) is 6.92 Å². The van der Waals surface area contributed by atoms with Crippen molar-refractivity contribution in [3.63, 3.8) is 0 Å². The van der Waals surface area contributed by atoms with Crippen LogP contribution in [0.1, 0.15) is 5.56 Å². The number of anilines is 2. The van der Waals surface area contributed by atoms with Crippen LogP contribution >= 0.6 is 27.5 Å². The zero-order valence-corrected chi connectivity index (χ0v) is 13.9. The molecule has 0 spiro atoms. The summed E-state index contributed by atoms with van der Waals surface area (Å²) < 4.78 is 27.7. The summed E-state index contributed by atoms with van der Waals surface area (Å²) in [6.45, 7) is 1.74. The smallest absolute Gasteiger partial charge is 0.264 e. The molecule has 0 saturated heterocycles. The van der Waals surface area contributed by atoms with Crippen LogP contribution in [0.3, 0.4) is 0 Å². The Labute approximate surface area is 135 Å². The lowest BCUT2D eigenvalue weighted by Gasteiger charge is -2.10. The van der Waals surface area contributed by atoms with Gasteiger partial charge in [-0.3, -0.25) is 4.72 Å².